The van der Waals surface area contributed by atoms with Crippen LogP contribution < -0.4 is 0 Å². The van der Waals surface area contributed by atoms with Crippen LogP contribution in [-0.4, -0.2) is 58.7 Å². The summed E-state index contributed by atoms with van der Waals surface area (Å²) in [6.07, 6.45) is 12.2. The molecule has 0 aromatic heterocycles. The zero-order valence-corrected chi connectivity index (χ0v) is 28.0. The third-order valence-corrected chi connectivity index (χ3v) is 2.12. The molecule has 0 radical (unpaired) electrons. The zero-order valence-electron chi connectivity index (χ0n) is 21.2. The van der Waals surface area contributed by atoms with E-state index in [-0.39, 0.29) is 0 Å². The highest BCUT2D eigenvalue weighted by atomic mass is 32.5. The Morgan fingerprint density at radius 2 is 0.371 bits per heavy atom. The molecular formula is C15H48O12P4S4. The fourth-order valence-corrected chi connectivity index (χ4v) is 1.06. The molecule has 0 aromatic rings. The molecule has 0 rings (SSSR count). The smallest absolute Gasteiger partial charge is 0.319 e. The molecule has 0 bridgehead atoms. The highest BCUT2D eigenvalue weighted by Crippen LogP contribution is 2.27. The third-order valence-electron chi connectivity index (χ3n) is 2.12. The van der Waals surface area contributed by atoms with Crippen molar-refractivity contribution in [1.29, 1.82) is 0 Å². The molecule has 0 unspecified atom stereocenters. The molecule has 0 atom stereocenters. The van der Waals surface area contributed by atoms with Crippen LogP contribution in [-0.2, 0) is 47.2 Å². The monoisotopic (exact) mass is 672 g/mol. The summed E-state index contributed by atoms with van der Waals surface area (Å²) in [4.78, 5) is 90.7. The van der Waals surface area contributed by atoms with Gasteiger partial charge in [0.05, 0.1) is 0 Å². The topological polar surface area (TPSA) is 243 Å². The number of hydrogen-bond acceptors (Lipinski definition) is 4. The molecule has 0 saturated heterocycles. The van der Waals surface area contributed by atoms with E-state index in [4.69, 9.17) is 58.7 Å². The fourth-order valence-electron chi connectivity index (χ4n) is 1.06. The van der Waals surface area contributed by atoms with Crippen molar-refractivity contribution in [2.24, 2.45) is 0 Å². The summed E-state index contributed by atoms with van der Waals surface area (Å²) in [6.45, 7) is -1.95. The number of unbranched alkanes of at least 4 members (excludes halogenated alkanes) is 6. The Bertz CT molecular complexity index is 431. The molecule has 0 fully saturated rings. The minimum absolute atomic E-state index is 1.34. The maximum Gasteiger partial charge on any atom is 0.319 e. The van der Waals surface area contributed by atoms with Crippen LogP contribution in [0.25, 0.3) is 0 Å². The Labute approximate surface area is 231 Å². The van der Waals surface area contributed by atoms with E-state index in [1.807, 2.05) is 0 Å². The lowest BCUT2D eigenvalue weighted by Gasteiger charge is -1.88. The first-order valence-electron chi connectivity index (χ1n) is 10.4. The van der Waals surface area contributed by atoms with E-state index in [0.29, 0.717) is 0 Å². The van der Waals surface area contributed by atoms with Gasteiger partial charge in [0, 0.05) is 0 Å². The fraction of sp³-hybridized carbons (Fsp3) is 1.00. The Balaban J connectivity index is -0.0000000523. The molecule has 0 aromatic carbocycles. The van der Waals surface area contributed by atoms with Crippen LogP contribution in [0.5, 0.6) is 0 Å². The first-order valence-corrected chi connectivity index (χ1v) is 21.0. The second-order valence-corrected chi connectivity index (χ2v) is 16.1. The molecule has 224 valence electrons. The van der Waals surface area contributed by atoms with Gasteiger partial charge in [-0.05, 0) is 47.2 Å². The van der Waals surface area contributed by atoms with E-state index in [1.165, 1.54) is 57.8 Å². The first-order chi connectivity index (χ1) is 15.2. The van der Waals surface area contributed by atoms with Crippen LogP contribution in [0.3, 0.4) is 0 Å². The van der Waals surface area contributed by atoms with E-state index in [2.05, 4.69) is 88.8 Å². The van der Waals surface area contributed by atoms with Crippen LogP contribution >= 0.6 is 26.9 Å². The van der Waals surface area contributed by atoms with Crippen LogP contribution in [0.1, 0.15) is 99.3 Å². The van der Waals surface area contributed by atoms with Crippen molar-refractivity contribution in [3.05, 3.63) is 0 Å². The van der Waals surface area contributed by atoms with Gasteiger partial charge in [-0.2, -0.15) is 0 Å². The molecule has 0 amide bonds. The minimum Gasteiger partial charge on any atom is -0.325 e. The Hall–Kier alpha value is 2.12. The largest absolute Gasteiger partial charge is 0.325 e. The summed E-state index contributed by atoms with van der Waals surface area (Å²) in [5.41, 5.74) is 0. The normalized spacial score (nSPS) is 10.3. The van der Waals surface area contributed by atoms with Crippen molar-refractivity contribution in [2.45, 2.75) is 99.3 Å². The van der Waals surface area contributed by atoms with Crippen molar-refractivity contribution < 1.29 is 58.7 Å². The molecule has 12 N–H and O–H groups in total. The summed E-state index contributed by atoms with van der Waals surface area (Å²) in [7, 11) is 0. The summed E-state index contributed by atoms with van der Waals surface area (Å²) < 4.78 is 0. The molecule has 12 nitrogen and oxygen atoms in total. The quantitative estimate of drug-likeness (QED) is 0.181. The van der Waals surface area contributed by atoms with Gasteiger partial charge in [0.25, 0.3) is 0 Å². The number of hydrogen-bond donors (Lipinski definition) is 12. The maximum atomic E-state index is 7.56. The van der Waals surface area contributed by atoms with Gasteiger partial charge in [-0.25, -0.2) is 0 Å². The predicted octanol–water partition coefficient (Wildman–Crippen LogP) is 3.34. The highest BCUT2D eigenvalue weighted by molar-refractivity contribution is 8.07. The van der Waals surface area contributed by atoms with Gasteiger partial charge >= 0.3 is 26.9 Å². The Morgan fingerprint density at radius 3 is 0.371 bits per heavy atom. The molecule has 0 aliphatic rings. The Morgan fingerprint density at radius 1 is 0.314 bits per heavy atom. The molecule has 0 heterocycles. The standard InChI is InChI=1S/3C5H12.4H3O3PS/c3*1-3-5-4-2;4*1-4(2,3)5/h3*3-5H2,1-2H3;4*(H3,1,2,3,5). The maximum absolute atomic E-state index is 7.56. The van der Waals surface area contributed by atoms with E-state index in [0.717, 1.165) is 0 Å². The first kappa shape index (κ1) is 53.4. The van der Waals surface area contributed by atoms with Gasteiger partial charge in [0.1, 0.15) is 0 Å². The lowest BCUT2D eigenvalue weighted by atomic mass is 10.3. The van der Waals surface area contributed by atoms with E-state index < -0.39 is 26.9 Å². The summed E-state index contributed by atoms with van der Waals surface area (Å²) in [5.74, 6) is 0. The molecular weight excluding hydrogens is 624 g/mol. The molecule has 0 spiro atoms. The van der Waals surface area contributed by atoms with Crippen LogP contribution in [0, 0.1) is 0 Å². The third kappa shape index (κ3) is 638. The molecule has 35 heavy (non-hydrogen) atoms. The van der Waals surface area contributed by atoms with Crippen LogP contribution in [0.4, 0.5) is 0 Å². The minimum atomic E-state index is -3.81. The zero-order chi connectivity index (χ0) is 30.4. The van der Waals surface area contributed by atoms with E-state index in [1.54, 1.807) is 0 Å². The Kier molecular flexibility index (Phi) is 55.1. The van der Waals surface area contributed by atoms with Crippen molar-refractivity contribution >= 4 is 74.1 Å². The van der Waals surface area contributed by atoms with Gasteiger partial charge in [0.2, 0.25) is 0 Å². The average Bonchev–Trinajstić information content (AvgIpc) is 2.52. The lowest BCUT2D eigenvalue weighted by molar-refractivity contribution is 0.361. The summed E-state index contributed by atoms with van der Waals surface area (Å²) >= 11 is 14.4. The van der Waals surface area contributed by atoms with Crippen molar-refractivity contribution in [3.8, 4) is 0 Å². The molecule has 0 aliphatic heterocycles. The average molecular weight is 673 g/mol. The van der Waals surface area contributed by atoms with E-state index in [9.17, 15) is 0 Å². The molecule has 20 heteroatoms. The SMILES string of the molecule is CCCCC.CCCCC.CCCCC.OP(O)(O)=S.OP(O)(O)=S.OP(O)(O)=S.OP(O)(O)=S. The number of rotatable bonds is 6. The second kappa shape index (κ2) is 36.1. The summed E-state index contributed by atoms with van der Waals surface area (Å²) in [6, 6.07) is 0. The van der Waals surface area contributed by atoms with Crippen molar-refractivity contribution in [2.75, 3.05) is 0 Å². The van der Waals surface area contributed by atoms with Crippen molar-refractivity contribution in [3.63, 3.8) is 0 Å². The second-order valence-electron chi connectivity index (χ2n) is 6.11. The van der Waals surface area contributed by atoms with Gasteiger partial charge in [-0.3, -0.25) is 0 Å². The lowest BCUT2D eigenvalue weighted by Crippen LogP contribution is -1.65. The van der Waals surface area contributed by atoms with E-state index >= 15 is 0 Å². The van der Waals surface area contributed by atoms with Gasteiger partial charge in [-0.15, -0.1) is 0 Å². The van der Waals surface area contributed by atoms with Crippen LogP contribution in [0.15, 0.2) is 0 Å². The summed E-state index contributed by atoms with van der Waals surface area (Å²) in [5, 5.41) is 0. The van der Waals surface area contributed by atoms with Crippen LogP contribution in [0.2, 0.25) is 0 Å². The van der Waals surface area contributed by atoms with Gasteiger partial charge in [0.15, 0.2) is 0 Å². The highest BCUT2D eigenvalue weighted by Gasteiger charge is 1.93. The molecule has 0 saturated carbocycles. The predicted molar refractivity (Wildman–Crippen MR) is 159 cm³/mol. The van der Waals surface area contributed by atoms with Crippen molar-refractivity contribution in [1.82, 2.24) is 0 Å². The van der Waals surface area contributed by atoms with Gasteiger partial charge < -0.3 is 58.7 Å². The molecule has 0 aliphatic carbocycles. The van der Waals surface area contributed by atoms with Gasteiger partial charge in [-0.1, -0.05) is 99.3 Å².